The van der Waals surface area contributed by atoms with Crippen LogP contribution in [0.2, 0.25) is 0 Å². The van der Waals surface area contributed by atoms with Crippen molar-refractivity contribution in [2.45, 2.75) is 12.5 Å². The second kappa shape index (κ2) is 5.87. The molecule has 0 spiro atoms. The van der Waals surface area contributed by atoms with Gasteiger partial charge in [0.25, 0.3) is 5.91 Å². The first kappa shape index (κ1) is 13.6. The van der Waals surface area contributed by atoms with E-state index >= 15 is 0 Å². The van der Waals surface area contributed by atoms with Crippen molar-refractivity contribution in [2.75, 3.05) is 20.2 Å². The Morgan fingerprint density at radius 2 is 2.47 bits per heavy atom. The molecule has 2 heterocycles. The van der Waals surface area contributed by atoms with Gasteiger partial charge in [0, 0.05) is 19.2 Å². The summed E-state index contributed by atoms with van der Waals surface area (Å²) in [5, 5.41) is 13.2. The number of hydrogen-bond acceptors (Lipinski definition) is 4. The standard InChI is InChI=1S/C13H14N2O3S/c1-15-6-4-10(13(15)18)14-12(17)11-9(3-2-7-16)5-8-19-11/h5,8,10,16H,4,6-7H2,1H3,(H,14,17). The first-order valence-electron chi connectivity index (χ1n) is 5.86. The molecular formula is C13H14N2O3S. The summed E-state index contributed by atoms with van der Waals surface area (Å²) >= 11 is 1.27. The van der Waals surface area contributed by atoms with Crippen molar-refractivity contribution in [3.8, 4) is 11.8 Å². The molecule has 0 bridgehead atoms. The van der Waals surface area contributed by atoms with Gasteiger partial charge >= 0.3 is 0 Å². The smallest absolute Gasteiger partial charge is 0.263 e. The second-order valence-corrected chi connectivity index (χ2v) is 5.11. The zero-order chi connectivity index (χ0) is 13.8. The summed E-state index contributed by atoms with van der Waals surface area (Å²) in [5.74, 6) is 4.89. The Labute approximate surface area is 115 Å². The number of aliphatic hydroxyl groups is 1. The van der Waals surface area contributed by atoms with Crippen molar-refractivity contribution in [3.63, 3.8) is 0 Å². The molecule has 1 saturated heterocycles. The number of rotatable bonds is 2. The lowest BCUT2D eigenvalue weighted by Crippen LogP contribution is -2.40. The summed E-state index contributed by atoms with van der Waals surface area (Å²) < 4.78 is 0. The normalized spacial score (nSPS) is 18.1. The Bertz CT molecular complexity index is 556. The number of aliphatic hydroxyl groups excluding tert-OH is 1. The Balaban J connectivity index is 2.08. The lowest BCUT2D eigenvalue weighted by atomic mass is 10.2. The van der Waals surface area contributed by atoms with Crippen LogP contribution in [0.25, 0.3) is 0 Å². The summed E-state index contributed by atoms with van der Waals surface area (Å²) in [6.07, 6.45) is 0.629. The van der Waals surface area contributed by atoms with Crippen LogP contribution < -0.4 is 5.32 Å². The summed E-state index contributed by atoms with van der Waals surface area (Å²) in [5.41, 5.74) is 0.579. The quantitative estimate of drug-likeness (QED) is 0.751. The molecule has 19 heavy (non-hydrogen) atoms. The third-order valence-electron chi connectivity index (χ3n) is 2.91. The van der Waals surface area contributed by atoms with Gasteiger partial charge in [-0.2, -0.15) is 0 Å². The highest BCUT2D eigenvalue weighted by molar-refractivity contribution is 7.12. The number of thiophene rings is 1. The number of amides is 2. The van der Waals surface area contributed by atoms with Crippen molar-refractivity contribution in [2.24, 2.45) is 0 Å². The molecule has 2 N–H and O–H groups in total. The predicted molar refractivity (Wildman–Crippen MR) is 71.8 cm³/mol. The van der Waals surface area contributed by atoms with Crippen LogP contribution in [0.5, 0.6) is 0 Å². The maximum Gasteiger partial charge on any atom is 0.263 e. The van der Waals surface area contributed by atoms with Crippen molar-refractivity contribution < 1.29 is 14.7 Å². The Morgan fingerprint density at radius 1 is 1.68 bits per heavy atom. The molecule has 2 rings (SSSR count). The van der Waals surface area contributed by atoms with Gasteiger partial charge in [0.1, 0.15) is 17.5 Å². The molecule has 6 heteroatoms. The van der Waals surface area contributed by atoms with Gasteiger partial charge in [-0.3, -0.25) is 9.59 Å². The summed E-state index contributed by atoms with van der Waals surface area (Å²) in [6.45, 7) is 0.411. The molecule has 0 saturated carbocycles. The van der Waals surface area contributed by atoms with Gasteiger partial charge in [0.05, 0.1) is 0 Å². The molecule has 0 aliphatic carbocycles. The lowest BCUT2D eigenvalue weighted by molar-refractivity contribution is -0.128. The first-order valence-corrected chi connectivity index (χ1v) is 6.74. The van der Waals surface area contributed by atoms with E-state index in [0.717, 1.165) is 0 Å². The molecule has 1 aliphatic rings. The number of likely N-dealkylation sites (tertiary alicyclic amines) is 1. The van der Waals surface area contributed by atoms with Crippen LogP contribution in [0.3, 0.4) is 0 Å². The highest BCUT2D eigenvalue weighted by Gasteiger charge is 2.30. The summed E-state index contributed by atoms with van der Waals surface area (Å²) in [4.78, 5) is 25.9. The van der Waals surface area contributed by atoms with E-state index in [1.807, 2.05) is 0 Å². The molecule has 2 amide bonds. The number of carbonyl (C=O) groups is 2. The van der Waals surface area contributed by atoms with Gasteiger partial charge in [-0.15, -0.1) is 11.3 Å². The summed E-state index contributed by atoms with van der Waals surface area (Å²) in [7, 11) is 1.72. The zero-order valence-electron chi connectivity index (χ0n) is 10.5. The van der Waals surface area contributed by atoms with Crippen molar-refractivity contribution in [1.82, 2.24) is 10.2 Å². The number of carbonyl (C=O) groups excluding carboxylic acids is 2. The number of nitrogens with zero attached hydrogens (tertiary/aromatic N) is 1. The zero-order valence-corrected chi connectivity index (χ0v) is 11.3. The maximum absolute atomic E-state index is 12.1. The number of nitrogens with one attached hydrogen (secondary N) is 1. The fraction of sp³-hybridized carbons (Fsp3) is 0.385. The van der Waals surface area contributed by atoms with E-state index in [9.17, 15) is 9.59 Å². The third kappa shape index (κ3) is 2.95. The Hall–Kier alpha value is -1.84. The van der Waals surface area contributed by atoms with Crippen LogP contribution in [0, 0.1) is 11.8 Å². The van der Waals surface area contributed by atoms with Crippen LogP contribution in [-0.4, -0.2) is 48.1 Å². The molecule has 1 unspecified atom stereocenters. The maximum atomic E-state index is 12.1. The van der Waals surface area contributed by atoms with Gasteiger partial charge in [0.15, 0.2) is 0 Å². The van der Waals surface area contributed by atoms with Gasteiger partial charge in [-0.1, -0.05) is 11.8 Å². The van der Waals surface area contributed by atoms with E-state index < -0.39 is 6.04 Å². The monoisotopic (exact) mass is 278 g/mol. The second-order valence-electron chi connectivity index (χ2n) is 4.20. The topological polar surface area (TPSA) is 69.6 Å². The van der Waals surface area contributed by atoms with E-state index in [1.54, 1.807) is 23.4 Å². The van der Waals surface area contributed by atoms with Crippen molar-refractivity contribution >= 4 is 23.2 Å². The van der Waals surface area contributed by atoms with Gasteiger partial charge in [-0.05, 0) is 17.9 Å². The average molecular weight is 278 g/mol. The minimum atomic E-state index is -0.446. The van der Waals surface area contributed by atoms with E-state index in [4.69, 9.17) is 5.11 Å². The van der Waals surface area contributed by atoms with Gasteiger partial charge in [-0.25, -0.2) is 0 Å². The SMILES string of the molecule is CN1CCC(NC(=O)c2sccc2C#CCO)C1=O. The third-order valence-corrected chi connectivity index (χ3v) is 3.82. The summed E-state index contributed by atoms with van der Waals surface area (Å²) in [6, 6.07) is 1.28. The molecule has 1 aromatic heterocycles. The first-order chi connectivity index (χ1) is 9.13. The fourth-order valence-electron chi connectivity index (χ4n) is 1.90. The molecule has 5 nitrogen and oxygen atoms in total. The largest absolute Gasteiger partial charge is 0.384 e. The lowest BCUT2D eigenvalue weighted by Gasteiger charge is -2.11. The van der Waals surface area contributed by atoms with Crippen LogP contribution in [0.1, 0.15) is 21.7 Å². The van der Waals surface area contributed by atoms with E-state index in [-0.39, 0.29) is 18.4 Å². The molecule has 100 valence electrons. The van der Waals surface area contributed by atoms with Crippen LogP contribution in [-0.2, 0) is 4.79 Å². The molecule has 0 radical (unpaired) electrons. The van der Waals surface area contributed by atoms with Crippen LogP contribution in [0.15, 0.2) is 11.4 Å². The van der Waals surface area contributed by atoms with Crippen LogP contribution in [0.4, 0.5) is 0 Å². The van der Waals surface area contributed by atoms with E-state index in [2.05, 4.69) is 17.2 Å². The van der Waals surface area contributed by atoms with Crippen LogP contribution >= 0.6 is 11.3 Å². The Kier molecular flexibility index (Phi) is 4.20. The Morgan fingerprint density at radius 3 is 3.11 bits per heavy atom. The highest BCUT2D eigenvalue weighted by atomic mass is 32.1. The molecule has 1 fully saturated rings. The molecular weight excluding hydrogens is 264 g/mol. The number of hydrogen-bond donors (Lipinski definition) is 2. The van der Waals surface area contributed by atoms with Crippen molar-refractivity contribution in [3.05, 3.63) is 21.9 Å². The average Bonchev–Trinajstić information content (AvgIpc) is 2.98. The minimum Gasteiger partial charge on any atom is -0.384 e. The molecule has 1 aromatic rings. The van der Waals surface area contributed by atoms with E-state index in [1.165, 1.54) is 11.3 Å². The van der Waals surface area contributed by atoms with Gasteiger partial charge in [0.2, 0.25) is 5.91 Å². The van der Waals surface area contributed by atoms with E-state index in [0.29, 0.717) is 23.4 Å². The molecule has 0 aromatic carbocycles. The number of likely N-dealkylation sites (N-methyl/N-ethyl adjacent to an activating group) is 1. The predicted octanol–water partition coefficient (Wildman–Crippen LogP) is 0.0524. The molecule has 1 atom stereocenters. The highest BCUT2D eigenvalue weighted by Crippen LogP contribution is 2.17. The molecule has 1 aliphatic heterocycles. The fourth-order valence-corrected chi connectivity index (χ4v) is 2.65. The van der Waals surface area contributed by atoms with Crippen molar-refractivity contribution in [1.29, 1.82) is 0 Å². The van der Waals surface area contributed by atoms with Gasteiger partial charge < -0.3 is 15.3 Å². The minimum absolute atomic E-state index is 0.0621.